The van der Waals surface area contributed by atoms with Gasteiger partial charge in [-0.3, -0.25) is 4.79 Å². The summed E-state index contributed by atoms with van der Waals surface area (Å²) in [6.07, 6.45) is 4.21. The molecule has 0 heterocycles. The first-order valence-electron chi connectivity index (χ1n) is 6.83. The SMILES string of the molecule is Cc1cccc(S(=O)(=O)NCC(=O)NC2CCCC2)c1. The van der Waals surface area contributed by atoms with Crippen molar-refractivity contribution < 1.29 is 13.2 Å². The zero-order chi connectivity index (χ0) is 14.6. The molecule has 0 spiro atoms. The fourth-order valence-electron chi connectivity index (χ4n) is 2.38. The summed E-state index contributed by atoms with van der Waals surface area (Å²) in [5.41, 5.74) is 0.864. The number of benzene rings is 1. The number of amides is 1. The number of sulfonamides is 1. The Kier molecular flexibility index (Phi) is 4.77. The van der Waals surface area contributed by atoms with Gasteiger partial charge in [0.2, 0.25) is 15.9 Å². The number of hydrogen-bond donors (Lipinski definition) is 2. The molecule has 6 heteroatoms. The van der Waals surface area contributed by atoms with E-state index in [1.807, 2.05) is 13.0 Å². The third-order valence-electron chi connectivity index (χ3n) is 3.44. The first kappa shape index (κ1) is 15.0. The maximum Gasteiger partial charge on any atom is 0.241 e. The van der Waals surface area contributed by atoms with E-state index in [1.165, 1.54) is 6.07 Å². The molecule has 0 bridgehead atoms. The van der Waals surface area contributed by atoms with E-state index in [4.69, 9.17) is 0 Å². The van der Waals surface area contributed by atoms with E-state index in [-0.39, 0.29) is 23.4 Å². The van der Waals surface area contributed by atoms with Gasteiger partial charge in [-0.05, 0) is 37.5 Å². The highest BCUT2D eigenvalue weighted by molar-refractivity contribution is 7.89. The smallest absolute Gasteiger partial charge is 0.241 e. The molecule has 1 aliphatic rings. The van der Waals surface area contributed by atoms with Gasteiger partial charge in [-0.25, -0.2) is 13.1 Å². The summed E-state index contributed by atoms with van der Waals surface area (Å²) >= 11 is 0. The maximum atomic E-state index is 12.0. The molecule has 1 aliphatic carbocycles. The van der Waals surface area contributed by atoms with Crippen LogP contribution < -0.4 is 10.0 Å². The Morgan fingerprint density at radius 2 is 2.00 bits per heavy atom. The third kappa shape index (κ3) is 4.05. The lowest BCUT2D eigenvalue weighted by molar-refractivity contribution is -0.120. The molecule has 20 heavy (non-hydrogen) atoms. The first-order chi connectivity index (χ1) is 9.47. The van der Waals surface area contributed by atoms with Crippen molar-refractivity contribution in [3.63, 3.8) is 0 Å². The molecule has 1 aromatic carbocycles. The van der Waals surface area contributed by atoms with E-state index in [1.54, 1.807) is 12.1 Å². The van der Waals surface area contributed by atoms with Crippen LogP contribution in [0.4, 0.5) is 0 Å². The lowest BCUT2D eigenvalue weighted by atomic mass is 10.2. The lowest BCUT2D eigenvalue weighted by Crippen LogP contribution is -2.40. The van der Waals surface area contributed by atoms with Crippen LogP contribution in [0.5, 0.6) is 0 Å². The van der Waals surface area contributed by atoms with Crippen LogP contribution >= 0.6 is 0 Å². The van der Waals surface area contributed by atoms with Gasteiger partial charge in [0.25, 0.3) is 0 Å². The van der Waals surface area contributed by atoms with Gasteiger partial charge in [0.1, 0.15) is 0 Å². The normalized spacial score (nSPS) is 16.2. The van der Waals surface area contributed by atoms with E-state index in [0.29, 0.717) is 0 Å². The average molecular weight is 296 g/mol. The molecule has 5 nitrogen and oxygen atoms in total. The van der Waals surface area contributed by atoms with Gasteiger partial charge in [-0.2, -0.15) is 0 Å². The molecule has 0 unspecified atom stereocenters. The Morgan fingerprint density at radius 3 is 2.65 bits per heavy atom. The standard InChI is InChI=1S/C14H20N2O3S/c1-11-5-4-8-13(9-11)20(18,19)15-10-14(17)16-12-6-2-3-7-12/h4-5,8-9,12,15H,2-3,6-7,10H2,1H3,(H,16,17). The van der Waals surface area contributed by atoms with Crippen molar-refractivity contribution in [1.82, 2.24) is 10.0 Å². The van der Waals surface area contributed by atoms with Crippen molar-refractivity contribution in [1.29, 1.82) is 0 Å². The molecule has 0 radical (unpaired) electrons. The monoisotopic (exact) mass is 296 g/mol. The van der Waals surface area contributed by atoms with Gasteiger partial charge in [-0.1, -0.05) is 25.0 Å². The molecule has 1 fully saturated rings. The van der Waals surface area contributed by atoms with Crippen LogP contribution in [0.3, 0.4) is 0 Å². The molecule has 0 atom stereocenters. The quantitative estimate of drug-likeness (QED) is 0.861. The fourth-order valence-corrected chi connectivity index (χ4v) is 3.46. The maximum absolute atomic E-state index is 12.0. The van der Waals surface area contributed by atoms with E-state index >= 15 is 0 Å². The van der Waals surface area contributed by atoms with Crippen LogP contribution in [0.2, 0.25) is 0 Å². The zero-order valence-corrected chi connectivity index (χ0v) is 12.4. The molecule has 1 amide bonds. The highest BCUT2D eigenvalue weighted by Gasteiger charge is 2.19. The Hall–Kier alpha value is -1.40. The summed E-state index contributed by atoms with van der Waals surface area (Å²) in [5.74, 6) is -0.270. The van der Waals surface area contributed by atoms with E-state index in [9.17, 15) is 13.2 Å². The van der Waals surface area contributed by atoms with Crippen LogP contribution in [0, 0.1) is 6.92 Å². The Morgan fingerprint density at radius 1 is 1.30 bits per heavy atom. The summed E-state index contributed by atoms with van der Waals surface area (Å²) in [6.45, 7) is 1.61. The van der Waals surface area contributed by atoms with Gasteiger partial charge in [0.05, 0.1) is 11.4 Å². The van der Waals surface area contributed by atoms with Crippen molar-refractivity contribution in [3.8, 4) is 0 Å². The summed E-state index contributed by atoms with van der Waals surface area (Å²) < 4.78 is 26.4. The number of carbonyl (C=O) groups is 1. The fraction of sp³-hybridized carbons (Fsp3) is 0.500. The molecule has 110 valence electrons. The summed E-state index contributed by atoms with van der Waals surface area (Å²) in [5, 5.41) is 2.85. The molecule has 1 aromatic rings. The number of hydrogen-bond acceptors (Lipinski definition) is 3. The molecule has 0 saturated heterocycles. The van der Waals surface area contributed by atoms with Crippen LogP contribution in [-0.4, -0.2) is 26.9 Å². The molecular weight excluding hydrogens is 276 g/mol. The highest BCUT2D eigenvalue weighted by atomic mass is 32.2. The zero-order valence-electron chi connectivity index (χ0n) is 11.6. The predicted molar refractivity (Wildman–Crippen MR) is 76.8 cm³/mol. The third-order valence-corrected chi connectivity index (χ3v) is 4.84. The van der Waals surface area contributed by atoms with Crippen molar-refractivity contribution in [2.24, 2.45) is 0 Å². The van der Waals surface area contributed by atoms with Crippen LogP contribution in [-0.2, 0) is 14.8 Å². The highest BCUT2D eigenvalue weighted by Crippen LogP contribution is 2.17. The van der Waals surface area contributed by atoms with E-state index in [2.05, 4.69) is 10.0 Å². The second-order valence-corrected chi connectivity index (χ2v) is 6.96. The lowest BCUT2D eigenvalue weighted by Gasteiger charge is -2.12. The molecule has 2 rings (SSSR count). The molecule has 0 aromatic heterocycles. The molecule has 2 N–H and O–H groups in total. The van der Waals surface area contributed by atoms with Crippen molar-refractivity contribution >= 4 is 15.9 Å². The summed E-state index contributed by atoms with van der Waals surface area (Å²) in [4.78, 5) is 11.9. The minimum Gasteiger partial charge on any atom is -0.352 e. The Balaban J connectivity index is 1.90. The minimum absolute atomic E-state index is 0.186. The Bertz CT molecular complexity index is 578. The van der Waals surface area contributed by atoms with Gasteiger partial charge < -0.3 is 5.32 Å². The van der Waals surface area contributed by atoms with Crippen LogP contribution in [0.1, 0.15) is 31.2 Å². The van der Waals surface area contributed by atoms with Crippen LogP contribution in [0.25, 0.3) is 0 Å². The predicted octanol–water partition coefficient (Wildman–Crippen LogP) is 1.33. The summed E-state index contributed by atoms with van der Waals surface area (Å²) in [6, 6.07) is 6.81. The van der Waals surface area contributed by atoms with Gasteiger partial charge >= 0.3 is 0 Å². The largest absolute Gasteiger partial charge is 0.352 e. The Labute approximate surface area is 119 Å². The van der Waals surface area contributed by atoms with Gasteiger partial charge in [0, 0.05) is 6.04 Å². The van der Waals surface area contributed by atoms with E-state index < -0.39 is 10.0 Å². The number of aryl methyl sites for hydroxylation is 1. The van der Waals surface area contributed by atoms with Gasteiger partial charge in [0.15, 0.2) is 0 Å². The second-order valence-electron chi connectivity index (χ2n) is 5.19. The first-order valence-corrected chi connectivity index (χ1v) is 8.31. The molecular formula is C14H20N2O3S. The number of nitrogens with one attached hydrogen (secondary N) is 2. The van der Waals surface area contributed by atoms with Crippen molar-refractivity contribution in [2.45, 2.75) is 43.5 Å². The van der Waals surface area contributed by atoms with Crippen LogP contribution in [0.15, 0.2) is 29.2 Å². The molecule has 0 aliphatic heterocycles. The van der Waals surface area contributed by atoms with Crippen molar-refractivity contribution in [2.75, 3.05) is 6.54 Å². The molecule has 1 saturated carbocycles. The average Bonchev–Trinajstić information content (AvgIpc) is 2.89. The second kappa shape index (κ2) is 6.37. The number of carbonyl (C=O) groups excluding carboxylic acids is 1. The van der Waals surface area contributed by atoms with Gasteiger partial charge in [-0.15, -0.1) is 0 Å². The van der Waals surface area contributed by atoms with Crippen molar-refractivity contribution in [3.05, 3.63) is 29.8 Å². The summed E-state index contributed by atoms with van der Waals surface area (Å²) in [7, 11) is -3.62. The van der Waals surface area contributed by atoms with E-state index in [0.717, 1.165) is 31.2 Å². The topological polar surface area (TPSA) is 75.3 Å². The minimum atomic E-state index is -3.62. The number of rotatable bonds is 5.